The van der Waals surface area contributed by atoms with E-state index in [9.17, 15) is 14.7 Å². The summed E-state index contributed by atoms with van der Waals surface area (Å²) in [6, 6.07) is 10.6. The van der Waals surface area contributed by atoms with E-state index in [2.05, 4.69) is 5.32 Å². The van der Waals surface area contributed by atoms with Gasteiger partial charge in [0, 0.05) is 18.8 Å². The first-order valence-electron chi connectivity index (χ1n) is 9.84. The fourth-order valence-electron chi connectivity index (χ4n) is 3.98. The molecule has 0 aliphatic heterocycles. The molecule has 4 rings (SSSR count). The van der Waals surface area contributed by atoms with Crippen LogP contribution >= 0.6 is 0 Å². The Balaban J connectivity index is 1.60. The van der Waals surface area contributed by atoms with Gasteiger partial charge < -0.3 is 19.7 Å². The predicted octanol–water partition coefficient (Wildman–Crippen LogP) is 2.92. The molecule has 1 amide bonds. The van der Waals surface area contributed by atoms with Crippen molar-refractivity contribution in [3.05, 3.63) is 58.1 Å². The Morgan fingerprint density at radius 3 is 2.93 bits per heavy atom. The summed E-state index contributed by atoms with van der Waals surface area (Å²) in [6.45, 7) is 1.21. The second-order valence-electron chi connectivity index (χ2n) is 7.78. The summed E-state index contributed by atoms with van der Waals surface area (Å²) in [7, 11) is 3.89. The smallest absolute Gasteiger partial charge is 0.419 e. The minimum atomic E-state index is -0.401. The molecule has 1 aliphatic carbocycles. The third kappa shape index (κ3) is 3.78. The third-order valence-corrected chi connectivity index (χ3v) is 5.50. The van der Waals surface area contributed by atoms with Crippen molar-refractivity contribution in [2.75, 3.05) is 26.0 Å². The van der Waals surface area contributed by atoms with Crippen LogP contribution in [0.5, 0.6) is 5.75 Å². The Labute approximate surface area is 168 Å². The van der Waals surface area contributed by atoms with Crippen LogP contribution in [0.25, 0.3) is 11.1 Å². The topological polar surface area (TPSA) is 87.7 Å². The first-order valence-corrected chi connectivity index (χ1v) is 9.84. The van der Waals surface area contributed by atoms with E-state index in [0.717, 1.165) is 30.4 Å². The van der Waals surface area contributed by atoms with Crippen molar-refractivity contribution in [3.63, 3.8) is 0 Å². The highest BCUT2D eigenvalue weighted by molar-refractivity contribution is 5.97. The number of amides is 1. The lowest BCUT2D eigenvalue weighted by molar-refractivity contribution is -0.117. The largest absolute Gasteiger partial charge is 0.508 e. The molecule has 2 aromatic carbocycles. The van der Waals surface area contributed by atoms with Crippen molar-refractivity contribution in [1.29, 1.82) is 0 Å². The molecule has 1 atom stereocenters. The minimum absolute atomic E-state index is 0.110. The fourth-order valence-corrected chi connectivity index (χ4v) is 3.98. The minimum Gasteiger partial charge on any atom is -0.508 e. The highest BCUT2D eigenvalue weighted by atomic mass is 16.4. The number of aromatic nitrogens is 1. The maximum atomic E-state index is 13.0. The zero-order valence-corrected chi connectivity index (χ0v) is 16.6. The number of carbonyl (C=O) groups excluding carboxylic acids is 1. The van der Waals surface area contributed by atoms with Crippen molar-refractivity contribution < 1.29 is 14.3 Å². The number of phenolic OH excluding ortho intramolecular Hbond substituents is 1. The van der Waals surface area contributed by atoms with Gasteiger partial charge in [0.25, 0.3) is 0 Å². The number of rotatable bonds is 5. The van der Waals surface area contributed by atoms with Crippen LogP contribution in [0.3, 0.4) is 0 Å². The first-order chi connectivity index (χ1) is 13.9. The average molecular weight is 395 g/mol. The molecule has 152 valence electrons. The Morgan fingerprint density at radius 2 is 2.14 bits per heavy atom. The van der Waals surface area contributed by atoms with E-state index >= 15 is 0 Å². The summed E-state index contributed by atoms with van der Waals surface area (Å²) in [5, 5.41) is 13.1. The van der Waals surface area contributed by atoms with Gasteiger partial charge in [0.1, 0.15) is 5.75 Å². The summed E-state index contributed by atoms with van der Waals surface area (Å²) < 4.78 is 6.90. The van der Waals surface area contributed by atoms with Crippen LogP contribution in [0.4, 0.5) is 5.69 Å². The summed E-state index contributed by atoms with van der Waals surface area (Å²) in [5.41, 5.74) is 3.54. The second-order valence-corrected chi connectivity index (χ2v) is 7.78. The maximum Gasteiger partial charge on any atom is 0.419 e. The highest BCUT2D eigenvalue weighted by Crippen LogP contribution is 2.36. The van der Waals surface area contributed by atoms with E-state index in [1.165, 1.54) is 0 Å². The summed E-state index contributed by atoms with van der Waals surface area (Å²) in [4.78, 5) is 27.2. The summed E-state index contributed by atoms with van der Waals surface area (Å²) in [6.07, 6.45) is 2.38. The molecule has 7 heteroatoms. The van der Waals surface area contributed by atoms with Gasteiger partial charge in [0.05, 0.1) is 11.4 Å². The quantitative estimate of drug-likeness (QED) is 0.694. The molecule has 7 nitrogen and oxygen atoms in total. The van der Waals surface area contributed by atoms with Gasteiger partial charge in [-0.1, -0.05) is 12.1 Å². The third-order valence-electron chi connectivity index (χ3n) is 5.50. The number of phenols is 1. The van der Waals surface area contributed by atoms with Crippen LogP contribution in [-0.2, 0) is 17.8 Å². The maximum absolute atomic E-state index is 13.0. The molecule has 1 heterocycles. The van der Waals surface area contributed by atoms with Crippen LogP contribution < -0.4 is 11.1 Å². The zero-order valence-electron chi connectivity index (χ0n) is 16.6. The van der Waals surface area contributed by atoms with Gasteiger partial charge in [-0.25, -0.2) is 4.79 Å². The molecule has 1 aliphatic rings. The Kier molecular flexibility index (Phi) is 5.15. The van der Waals surface area contributed by atoms with Crippen molar-refractivity contribution >= 4 is 22.7 Å². The predicted molar refractivity (Wildman–Crippen MR) is 111 cm³/mol. The van der Waals surface area contributed by atoms with E-state index < -0.39 is 5.76 Å². The van der Waals surface area contributed by atoms with Gasteiger partial charge >= 0.3 is 5.76 Å². The Bertz CT molecular complexity index is 1110. The number of likely N-dealkylation sites (N-methyl/N-ethyl adjacent to an activating group) is 1. The van der Waals surface area contributed by atoms with Crippen LogP contribution in [0.15, 0.2) is 45.6 Å². The number of aromatic hydroxyl groups is 1. The normalized spacial score (nSPS) is 16.2. The van der Waals surface area contributed by atoms with Crippen LogP contribution in [0, 0.1) is 0 Å². The Morgan fingerprint density at radius 1 is 1.31 bits per heavy atom. The van der Waals surface area contributed by atoms with Gasteiger partial charge in [-0.15, -0.1) is 0 Å². The standard InChI is InChI=1S/C22H25N3O4/c1-24(2)11-12-25-18-13-14(9-10-20(18)29-22(25)28)23-21(27)17-7-3-6-16-15(17)5-4-8-19(16)26/h4-5,8-10,13,17,26H,3,6-7,11-12H2,1-2H3,(H,23,27). The number of nitrogens with one attached hydrogen (secondary N) is 1. The summed E-state index contributed by atoms with van der Waals surface area (Å²) >= 11 is 0. The van der Waals surface area contributed by atoms with Crippen molar-refractivity contribution in [1.82, 2.24) is 9.47 Å². The number of nitrogens with zero attached hydrogens (tertiary/aromatic N) is 2. The van der Waals surface area contributed by atoms with Crippen LogP contribution in [-0.4, -0.2) is 41.1 Å². The molecule has 0 spiro atoms. The molecule has 0 radical (unpaired) electrons. The molecule has 0 fully saturated rings. The molecule has 0 saturated carbocycles. The molecular weight excluding hydrogens is 370 g/mol. The van der Waals surface area contributed by atoms with E-state index in [0.29, 0.717) is 29.9 Å². The number of anilines is 1. The fraction of sp³-hybridized carbons (Fsp3) is 0.364. The molecule has 2 N–H and O–H groups in total. The highest BCUT2D eigenvalue weighted by Gasteiger charge is 2.28. The number of carbonyl (C=O) groups is 1. The van der Waals surface area contributed by atoms with E-state index in [1.54, 1.807) is 34.9 Å². The van der Waals surface area contributed by atoms with Gasteiger partial charge in [-0.05, 0) is 68.8 Å². The molecule has 1 unspecified atom stereocenters. The first kappa shape index (κ1) is 19.3. The lowest BCUT2D eigenvalue weighted by Gasteiger charge is -2.25. The SMILES string of the molecule is CN(C)CCn1c(=O)oc2ccc(NC(=O)C3CCCc4c(O)cccc43)cc21. The van der Waals surface area contributed by atoms with E-state index in [-0.39, 0.29) is 17.6 Å². The lowest BCUT2D eigenvalue weighted by Crippen LogP contribution is -2.25. The van der Waals surface area contributed by atoms with Crippen molar-refractivity contribution in [3.8, 4) is 5.75 Å². The van der Waals surface area contributed by atoms with E-state index in [4.69, 9.17) is 4.42 Å². The van der Waals surface area contributed by atoms with Crippen LogP contribution in [0.1, 0.15) is 29.9 Å². The summed E-state index contributed by atoms with van der Waals surface area (Å²) in [5.74, 6) is -0.560. The average Bonchev–Trinajstić information content (AvgIpc) is 3.00. The van der Waals surface area contributed by atoms with Gasteiger partial charge in [-0.2, -0.15) is 0 Å². The number of oxazole rings is 1. The number of hydrogen-bond donors (Lipinski definition) is 2. The van der Waals surface area contributed by atoms with Gasteiger partial charge in [0.2, 0.25) is 5.91 Å². The number of hydrogen-bond acceptors (Lipinski definition) is 5. The molecular formula is C22H25N3O4. The number of benzene rings is 2. The molecule has 3 aromatic rings. The molecule has 0 saturated heterocycles. The Hall–Kier alpha value is -3.06. The second kappa shape index (κ2) is 7.75. The van der Waals surface area contributed by atoms with Crippen molar-refractivity contribution in [2.24, 2.45) is 0 Å². The van der Waals surface area contributed by atoms with Crippen LogP contribution in [0.2, 0.25) is 0 Å². The number of fused-ring (bicyclic) bond motifs is 2. The van der Waals surface area contributed by atoms with Crippen molar-refractivity contribution in [2.45, 2.75) is 31.7 Å². The van der Waals surface area contributed by atoms with Gasteiger partial charge in [0.15, 0.2) is 5.58 Å². The van der Waals surface area contributed by atoms with Gasteiger partial charge in [-0.3, -0.25) is 9.36 Å². The van der Waals surface area contributed by atoms with E-state index in [1.807, 2.05) is 25.1 Å². The molecule has 0 bridgehead atoms. The molecule has 29 heavy (non-hydrogen) atoms. The molecule has 1 aromatic heterocycles. The monoisotopic (exact) mass is 395 g/mol. The zero-order chi connectivity index (χ0) is 20.5. The lowest BCUT2D eigenvalue weighted by atomic mass is 9.82.